The molecule has 6 heteroatoms. The topological polar surface area (TPSA) is 46.9 Å². The van der Waals surface area contributed by atoms with Crippen molar-refractivity contribution in [2.24, 2.45) is 5.92 Å². The van der Waals surface area contributed by atoms with Crippen LogP contribution in [0.2, 0.25) is 10.0 Å². The minimum atomic E-state index is -0.361. The first-order chi connectivity index (χ1) is 13.4. The van der Waals surface area contributed by atoms with E-state index in [-0.39, 0.29) is 11.9 Å². The second-order valence-electron chi connectivity index (χ2n) is 7.38. The van der Waals surface area contributed by atoms with E-state index in [2.05, 4.69) is 31.3 Å². The quantitative estimate of drug-likeness (QED) is 0.539. The van der Waals surface area contributed by atoms with Crippen LogP contribution >= 0.6 is 23.2 Å². The third-order valence-corrected chi connectivity index (χ3v) is 5.42. The fraction of sp³-hybridized carbons (Fsp3) is 0.364. The summed E-state index contributed by atoms with van der Waals surface area (Å²) in [6.07, 6.45) is 1.27. The van der Waals surface area contributed by atoms with E-state index in [9.17, 15) is 4.79 Å². The van der Waals surface area contributed by atoms with E-state index in [1.165, 1.54) is 0 Å². The predicted molar refractivity (Wildman–Crippen MR) is 116 cm³/mol. The molecular formula is C22H25Cl2N3O. The van der Waals surface area contributed by atoms with Crippen LogP contribution in [0.15, 0.2) is 42.5 Å². The van der Waals surface area contributed by atoms with Gasteiger partial charge in [0, 0.05) is 13.0 Å². The molecule has 0 fully saturated rings. The smallest absolute Gasteiger partial charge is 0.243 e. The van der Waals surface area contributed by atoms with E-state index in [0.29, 0.717) is 35.3 Å². The highest BCUT2D eigenvalue weighted by atomic mass is 35.5. The van der Waals surface area contributed by atoms with Crippen LogP contribution in [0.4, 0.5) is 0 Å². The number of benzene rings is 2. The highest BCUT2D eigenvalue weighted by molar-refractivity contribution is 6.42. The molecule has 0 saturated carbocycles. The van der Waals surface area contributed by atoms with Crippen molar-refractivity contribution in [3.8, 4) is 0 Å². The first-order valence-electron chi connectivity index (χ1n) is 9.58. The Morgan fingerprint density at radius 1 is 1.14 bits per heavy atom. The summed E-state index contributed by atoms with van der Waals surface area (Å²) in [6.45, 7) is 6.81. The molecule has 148 valence electrons. The average molecular weight is 418 g/mol. The summed E-state index contributed by atoms with van der Waals surface area (Å²) in [6, 6.07) is 13.3. The fourth-order valence-corrected chi connectivity index (χ4v) is 3.61. The van der Waals surface area contributed by atoms with Crippen LogP contribution < -0.4 is 5.32 Å². The molecule has 3 rings (SSSR count). The van der Waals surface area contributed by atoms with Gasteiger partial charge in [-0.05, 0) is 30.0 Å². The monoisotopic (exact) mass is 417 g/mol. The molecule has 1 amide bonds. The summed E-state index contributed by atoms with van der Waals surface area (Å²) in [5.41, 5.74) is 2.70. The lowest BCUT2D eigenvalue weighted by molar-refractivity contribution is -0.124. The maximum absolute atomic E-state index is 13.0. The molecule has 2 aromatic carbocycles. The first kappa shape index (κ1) is 20.7. The van der Waals surface area contributed by atoms with Crippen molar-refractivity contribution in [3.05, 3.63) is 63.9 Å². The Morgan fingerprint density at radius 2 is 1.82 bits per heavy atom. The Kier molecular flexibility index (Phi) is 6.63. The Bertz CT molecular complexity index is 967. The molecule has 0 spiro atoms. The lowest BCUT2D eigenvalue weighted by atomic mass is 10.1. The van der Waals surface area contributed by atoms with Crippen molar-refractivity contribution in [1.29, 1.82) is 0 Å². The van der Waals surface area contributed by atoms with Crippen LogP contribution in [0.3, 0.4) is 0 Å². The molecular weight excluding hydrogens is 393 g/mol. The highest BCUT2D eigenvalue weighted by Gasteiger charge is 2.25. The molecule has 0 bridgehead atoms. The van der Waals surface area contributed by atoms with Gasteiger partial charge in [0.15, 0.2) is 0 Å². The van der Waals surface area contributed by atoms with E-state index in [1.807, 2.05) is 29.7 Å². The van der Waals surface area contributed by atoms with Gasteiger partial charge in [-0.1, -0.05) is 74.3 Å². The maximum Gasteiger partial charge on any atom is 0.243 e. The number of hydrogen-bond donors (Lipinski definition) is 1. The van der Waals surface area contributed by atoms with Crippen molar-refractivity contribution in [1.82, 2.24) is 14.9 Å². The van der Waals surface area contributed by atoms with E-state index in [4.69, 9.17) is 28.2 Å². The van der Waals surface area contributed by atoms with Crippen molar-refractivity contribution < 1.29 is 4.79 Å². The maximum atomic E-state index is 13.0. The number of rotatable bonds is 7. The third-order valence-electron chi connectivity index (χ3n) is 4.70. The highest BCUT2D eigenvalue weighted by Crippen LogP contribution is 2.31. The molecule has 0 unspecified atom stereocenters. The zero-order valence-corrected chi connectivity index (χ0v) is 17.9. The number of imidazole rings is 1. The second kappa shape index (κ2) is 8.97. The van der Waals surface area contributed by atoms with Gasteiger partial charge in [-0.3, -0.25) is 4.79 Å². The van der Waals surface area contributed by atoms with Crippen LogP contribution in [0.5, 0.6) is 0 Å². The molecule has 1 heterocycles. The van der Waals surface area contributed by atoms with Crippen molar-refractivity contribution in [3.63, 3.8) is 0 Å². The Balaban J connectivity index is 2.09. The van der Waals surface area contributed by atoms with Gasteiger partial charge in [-0.15, -0.1) is 0 Å². The number of amides is 1. The molecule has 0 aliphatic carbocycles. The molecule has 1 atom stereocenters. The molecule has 0 aliphatic rings. The number of hydrogen-bond acceptors (Lipinski definition) is 2. The molecule has 4 nitrogen and oxygen atoms in total. The molecule has 0 radical (unpaired) electrons. The van der Waals surface area contributed by atoms with Gasteiger partial charge in [0.25, 0.3) is 0 Å². The standard InChI is InChI=1S/C22H25Cl2N3O/c1-4-19(22(28)25-13-14(2)3)27-20-12-17(24)16(23)11-18(20)26-21(27)10-15-8-6-5-7-9-15/h5-9,11-12,14,19H,4,10,13H2,1-3H3,(H,25,28)/t19-/m0/s1. The molecule has 28 heavy (non-hydrogen) atoms. The minimum Gasteiger partial charge on any atom is -0.354 e. The van der Waals surface area contributed by atoms with Gasteiger partial charge in [0.2, 0.25) is 5.91 Å². The first-order valence-corrected chi connectivity index (χ1v) is 10.3. The fourth-order valence-electron chi connectivity index (χ4n) is 3.30. The lowest BCUT2D eigenvalue weighted by Gasteiger charge is -2.21. The van der Waals surface area contributed by atoms with E-state index in [1.54, 1.807) is 12.1 Å². The Labute approximate surface area is 175 Å². The van der Waals surface area contributed by atoms with Gasteiger partial charge < -0.3 is 9.88 Å². The van der Waals surface area contributed by atoms with E-state index in [0.717, 1.165) is 22.4 Å². The van der Waals surface area contributed by atoms with E-state index < -0.39 is 0 Å². The van der Waals surface area contributed by atoms with Crippen molar-refractivity contribution in [2.45, 2.75) is 39.7 Å². The predicted octanol–water partition coefficient (Wildman–Crippen LogP) is 5.66. The van der Waals surface area contributed by atoms with E-state index >= 15 is 0 Å². The number of nitrogens with one attached hydrogen (secondary N) is 1. The number of nitrogens with zero attached hydrogens (tertiary/aromatic N) is 2. The second-order valence-corrected chi connectivity index (χ2v) is 8.19. The number of aromatic nitrogens is 2. The van der Waals surface area contributed by atoms with Crippen LogP contribution in [-0.4, -0.2) is 22.0 Å². The molecule has 3 aromatic rings. The largest absolute Gasteiger partial charge is 0.354 e. The third kappa shape index (κ3) is 4.50. The summed E-state index contributed by atoms with van der Waals surface area (Å²) in [5, 5.41) is 3.97. The minimum absolute atomic E-state index is 0.00381. The Morgan fingerprint density at radius 3 is 2.46 bits per heavy atom. The van der Waals surface area contributed by atoms with Gasteiger partial charge in [0.05, 0.1) is 21.1 Å². The molecule has 0 saturated heterocycles. The van der Waals surface area contributed by atoms with Crippen LogP contribution in [0.25, 0.3) is 11.0 Å². The summed E-state index contributed by atoms with van der Waals surface area (Å²) >= 11 is 12.5. The Hall–Kier alpha value is -2.04. The number of fused-ring (bicyclic) bond motifs is 1. The summed E-state index contributed by atoms with van der Waals surface area (Å²) in [5.74, 6) is 1.21. The van der Waals surface area contributed by atoms with Gasteiger partial charge in [-0.25, -0.2) is 4.98 Å². The van der Waals surface area contributed by atoms with Gasteiger partial charge >= 0.3 is 0 Å². The number of carbonyl (C=O) groups is 1. The lowest BCUT2D eigenvalue weighted by Crippen LogP contribution is -2.35. The van der Waals surface area contributed by atoms with Gasteiger partial charge in [0.1, 0.15) is 11.9 Å². The molecule has 0 aliphatic heterocycles. The normalized spacial score (nSPS) is 12.5. The van der Waals surface area contributed by atoms with Crippen LogP contribution in [-0.2, 0) is 11.2 Å². The molecule has 1 N–H and O–H groups in total. The van der Waals surface area contributed by atoms with Crippen molar-refractivity contribution in [2.75, 3.05) is 6.54 Å². The van der Waals surface area contributed by atoms with Crippen molar-refractivity contribution >= 4 is 40.1 Å². The zero-order chi connectivity index (χ0) is 20.3. The SMILES string of the molecule is CC[C@@H](C(=O)NCC(C)C)n1c(Cc2ccccc2)nc2cc(Cl)c(Cl)cc21. The summed E-state index contributed by atoms with van der Waals surface area (Å²) in [7, 11) is 0. The summed E-state index contributed by atoms with van der Waals surface area (Å²) in [4.78, 5) is 17.8. The summed E-state index contributed by atoms with van der Waals surface area (Å²) < 4.78 is 2.01. The number of halogens is 2. The zero-order valence-electron chi connectivity index (χ0n) is 16.4. The van der Waals surface area contributed by atoms with Gasteiger partial charge in [-0.2, -0.15) is 0 Å². The van der Waals surface area contributed by atoms with Crippen LogP contribution in [0, 0.1) is 5.92 Å². The average Bonchev–Trinajstić information content (AvgIpc) is 2.99. The number of carbonyl (C=O) groups excluding carboxylic acids is 1. The van der Waals surface area contributed by atoms with Crippen LogP contribution in [0.1, 0.15) is 44.6 Å². The molecule has 1 aromatic heterocycles.